The van der Waals surface area contributed by atoms with Gasteiger partial charge >= 0.3 is 0 Å². The van der Waals surface area contributed by atoms with Crippen LogP contribution in [0.4, 0.5) is 10.1 Å². The molecule has 1 amide bonds. The largest absolute Gasteiger partial charge is 0.494 e. The first-order valence-electron chi connectivity index (χ1n) is 11.3. The Kier molecular flexibility index (Phi) is 5.65. The van der Waals surface area contributed by atoms with E-state index in [0.29, 0.717) is 40.5 Å². The molecule has 172 valence electrons. The zero-order chi connectivity index (χ0) is 23.8. The van der Waals surface area contributed by atoms with E-state index in [1.165, 1.54) is 29.2 Å². The maximum Gasteiger partial charge on any atom is 0.295 e. The van der Waals surface area contributed by atoms with Crippen LogP contribution >= 0.6 is 0 Å². The molecule has 0 bridgehead atoms. The lowest BCUT2D eigenvalue weighted by molar-refractivity contribution is 0.0971. The van der Waals surface area contributed by atoms with Gasteiger partial charge in [0.05, 0.1) is 23.6 Å². The summed E-state index contributed by atoms with van der Waals surface area (Å²) < 4.78 is 25.5. The summed E-state index contributed by atoms with van der Waals surface area (Å²) in [6.45, 7) is 4.83. The molecule has 0 saturated heterocycles. The third kappa shape index (κ3) is 3.85. The van der Waals surface area contributed by atoms with Crippen molar-refractivity contribution < 1.29 is 18.3 Å². The normalized spacial score (nSPS) is 15.2. The molecule has 34 heavy (non-hydrogen) atoms. The summed E-state index contributed by atoms with van der Waals surface area (Å²) in [7, 11) is 0. The molecule has 5 rings (SSSR count). The van der Waals surface area contributed by atoms with E-state index in [1.54, 1.807) is 24.3 Å². The molecular formula is C28H24FNO4. The Morgan fingerprint density at radius 3 is 2.53 bits per heavy atom. The summed E-state index contributed by atoms with van der Waals surface area (Å²) in [5.74, 6) is 0.312. The molecule has 0 radical (unpaired) electrons. The summed E-state index contributed by atoms with van der Waals surface area (Å²) in [6.07, 6.45) is 0.909. The van der Waals surface area contributed by atoms with Crippen LogP contribution in [0, 0.1) is 11.7 Å². The molecule has 1 aliphatic heterocycles. The standard InChI is InChI=1S/C28H24FNO4/c1-17(2)14-15-33-21-7-5-6-18(16-21)25-24-26(31)22-8-3-4-9-23(22)34-27(24)28(32)30(25)20-12-10-19(29)11-13-20/h3-13,16-17,25H,14-15H2,1-2H3. The summed E-state index contributed by atoms with van der Waals surface area (Å²) in [5, 5.41) is 0.407. The van der Waals surface area contributed by atoms with Gasteiger partial charge in [0, 0.05) is 5.69 Å². The third-order valence-corrected chi connectivity index (χ3v) is 6.02. The smallest absolute Gasteiger partial charge is 0.295 e. The molecule has 6 heteroatoms. The minimum Gasteiger partial charge on any atom is -0.494 e. The van der Waals surface area contributed by atoms with Crippen molar-refractivity contribution in [2.24, 2.45) is 5.92 Å². The lowest BCUT2D eigenvalue weighted by atomic mass is 9.98. The van der Waals surface area contributed by atoms with Crippen molar-refractivity contribution >= 4 is 22.6 Å². The first-order valence-corrected chi connectivity index (χ1v) is 11.3. The van der Waals surface area contributed by atoms with E-state index in [9.17, 15) is 14.0 Å². The maximum absolute atomic E-state index is 13.6. The van der Waals surface area contributed by atoms with Crippen LogP contribution in [-0.4, -0.2) is 12.5 Å². The van der Waals surface area contributed by atoms with Crippen LogP contribution in [0.2, 0.25) is 0 Å². The van der Waals surface area contributed by atoms with Crippen molar-refractivity contribution in [1.29, 1.82) is 0 Å². The molecular weight excluding hydrogens is 433 g/mol. The van der Waals surface area contributed by atoms with Crippen molar-refractivity contribution in [2.45, 2.75) is 26.3 Å². The summed E-state index contributed by atoms with van der Waals surface area (Å²) in [4.78, 5) is 28.6. The SMILES string of the molecule is CC(C)CCOc1cccc(C2c3c(oc4ccccc4c3=O)C(=O)N2c2ccc(F)cc2)c1. The molecule has 5 nitrogen and oxygen atoms in total. The number of carbonyl (C=O) groups is 1. The van der Waals surface area contributed by atoms with E-state index in [0.717, 1.165) is 6.42 Å². The summed E-state index contributed by atoms with van der Waals surface area (Å²) in [5.41, 5.74) is 1.54. The number of anilines is 1. The van der Waals surface area contributed by atoms with Gasteiger partial charge in [0.25, 0.3) is 5.91 Å². The van der Waals surface area contributed by atoms with Gasteiger partial charge in [-0.25, -0.2) is 4.39 Å². The second-order valence-electron chi connectivity index (χ2n) is 8.83. The van der Waals surface area contributed by atoms with E-state index in [2.05, 4.69) is 13.8 Å². The molecule has 1 aliphatic rings. The molecule has 4 aromatic rings. The Morgan fingerprint density at radius 2 is 1.76 bits per heavy atom. The molecule has 0 aliphatic carbocycles. The molecule has 1 aromatic heterocycles. The maximum atomic E-state index is 13.6. The van der Waals surface area contributed by atoms with E-state index in [4.69, 9.17) is 9.15 Å². The zero-order valence-electron chi connectivity index (χ0n) is 19.0. The number of para-hydroxylation sites is 1. The third-order valence-electron chi connectivity index (χ3n) is 6.02. The first kappa shape index (κ1) is 21.9. The van der Waals surface area contributed by atoms with Gasteiger partial charge in [0.15, 0.2) is 5.43 Å². The van der Waals surface area contributed by atoms with Crippen LogP contribution in [0.25, 0.3) is 11.0 Å². The van der Waals surface area contributed by atoms with Crippen molar-refractivity contribution in [2.75, 3.05) is 11.5 Å². The van der Waals surface area contributed by atoms with Crippen molar-refractivity contribution in [1.82, 2.24) is 0 Å². The molecule has 2 heterocycles. The zero-order valence-corrected chi connectivity index (χ0v) is 19.0. The van der Waals surface area contributed by atoms with Crippen molar-refractivity contribution in [3.05, 3.63) is 106 Å². The van der Waals surface area contributed by atoms with Crippen LogP contribution in [0.1, 0.15) is 48.0 Å². The average Bonchev–Trinajstić information content (AvgIpc) is 3.12. The summed E-state index contributed by atoms with van der Waals surface area (Å²) >= 11 is 0. The lowest BCUT2D eigenvalue weighted by Crippen LogP contribution is -2.29. The van der Waals surface area contributed by atoms with Crippen LogP contribution in [0.5, 0.6) is 5.75 Å². The Bertz CT molecular complexity index is 1420. The van der Waals surface area contributed by atoms with E-state index in [1.807, 2.05) is 24.3 Å². The van der Waals surface area contributed by atoms with E-state index in [-0.39, 0.29) is 16.8 Å². The highest BCUT2D eigenvalue weighted by Crippen LogP contribution is 2.41. The first-order chi connectivity index (χ1) is 16.4. The summed E-state index contributed by atoms with van der Waals surface area (Å²) in [6, 6.07) is 19.2. The number of amides is 1. The predicted molar refractivity (Wildman–Crippen MR) is 129 cm³/mol. The molecule has 0 fully saturated rings. The van der Waals surface area contributed by atoms with Crippen LogP contribution in [0.3, 0.4) is 0 Å². The van der Waals surface area contributed by atoms with Gasteiger partial charge in [-0.1, -0.05) is 38.1 Å². The fraction of sp³-hybridized carbons (Fsp3) is 0.214. The number of halogens is 1. The van der Waals surface area contributed by atoms with Gasteiger partial charge in [-0.2, -0.15) is 0 Å². The van der Waals surface area contributed by atoms with Gasteiger partial charge in [-0.3, -0.25) is 14.5 Å². The highest BCUT2D eigenvalue weighted by molar-refractivity contribution is 6.10. The Morgan fingerprint density at radius 1 is 1.00 bits per heavy atom. The Hall–Kier alpha value is -3.93. The molecule has 1 atom stereocenters. The number of carbonyl (C=O) groups excluding carboxylic acids is 1. The number of ether oxygens (including phenoxy) is 1. The number of hydrogen-bond donors (Lipinski definition) is 0. The number of benzene rings is 3. The second-order valence-corrected chi connectivity index (χ2v) is 8.83. The van der Waals surface area contributed by atoms with Gasteiger partial charge in [0.1, 0.15) is 17.1 Å². The minimum absolute atomic E-state index is 0.00385. The van der Waals surface area contributed by atoms with Crippen LogP contribution in [0.15, 0.2) is 82.0 Å². The fourth-order valence-electron chi connectivity index (χ4n) is 4.29. The molecule has 1 unspecified atom stereocenters. The highest BCUT2D eigenvalue weighted by Gasteiger charge is 2.43. The molecule has 3 aromatic carbocycles. The van der Waals surface area contributed by atoms with Crippen molar-refractivity contribution in [3.63, 3.8) is 0 Å². The number of hydrogen-bond acceptors (Lipinski definition) is 4. The van der Waals surface area contributed by atoms with Gasteiger partial charge in [-0.05, 0) is 66.4 Å². The number of nitrogens with zero attached hydrogens (tertiary/aromatic N) is 1. The molecule has 0 saturated carbocycles. The van der Waals surface area contributed by atoms with Crippen LogP contribution < -0.4 is 15.1 Å². The fourth-order valence-corrected chi connectivity index (χ4v) is 4.29. The number of rotatable bonds is 6. The monoisotopic (exact) mass is 457 g/mol. The van der Waals surface area contributed by atoms with Crippen LogP contribution in [-0.2, 0) is 0 Å². The van der Waals surface area contributed by atoms with Gasteiger partial charge in [0.2, 0.25) is 5.76 Å². The Labute approximate surface area is 196 Å². The predicted octanol–water partition coefficient (Wildman–Crippen LogP) is 6.11. The van der Waals surface area contributed by atoms with E-state index >= 15 is 0 Å². The topological polar surface area (TPSA) is 59.8 Å². The van der Waals surface area contributed by atoms with Gasteiger partial charge in [-0.15, -0.1) is 0 Å². The quantitative estimate of drug-likeness (QED) is 0.351. The Balaban J connectivity index is 1.67. The minimum atomic E-state index is -0.734. The molecule has 0 N–H and O–H groups in total. The molecule has 0 spiro atoms. The van der Waals surface area contributed by atoms with Gasteiger partial charge < -0.3 is 9.15 Å². The number of fused-ring (bicyclic) bond motifs is 2. The second kappa shape index (κ2) is 8.78. The highest BCUT2D eigenvalue weighted by atomic mass is 19.1. The van der Waals surface area contributed by atoms with E-state index < -0.39 is 17.8 Å². The van der Waals surface area contributed by atoms with Crippen molar-refractivity contribution in [3.8, 4) is 5.75 Å². The average molecular weight is 458 g/mol. The lowest BCUT2D eigenvalue weighted by Gasteiger charge is -2.25.